The van der Waals surface area contributed by atoms with Crippen LogP contribution in [0.5, 0.6) is 5.88 Å². The fourth-order valence-corrected chi connectivity index (χ4v) is 5.53. The van der Waals surface area contributed by atoms with Crippen LogP contribution in [0.4, 0.5) is 0 Å². The first-order valence-corrected chi connectivity index (χ1v) is 13.9. The van der Waals surface area contributed by atoms with E-state index < -0.39 is 5.41 Å². The second kappa shape index (κ2) is 12.2. The lowest BCUT2D eigenvalue weighted by atomic mass is 9.64. The lowest BCUT2D eigenvalue weighted by Gasteiger charge is -2.37. The Kier molecular flexibility index (Phi) is 8.48. The molecule has 0 unspecified atom stereocenters. The van der Waals surface area contributed by atoms with Crippen LogP contribution in [0.25, 0.3) is 17.3 Å². The number of Topliss-reactive ketones (excluding diaryl/α,β-unsaturated/α-hetero) is 1. The Balaban J connectivity index is 1.43. The van der Waals surface area contributed by atoms with Crippen molar-refractivity contribution in [2.45, 2.75) is 75.7 Å². The van der Waals surface area contributed by atoms with E-state index in [1.54, 1.807) is 18.4 Å². The maximum atomic E-state index is 13.1. The molecule has 0 bridgehead atoms. The van der Waals surface area contributed by atoms with E-state index in [-0.39, 0.29) is 11.8 Å². The van der Waals surface area contributed by atoms with Crippen molar-refractivity contribution in [3.63, 3.8) is 0 Å². The van der Waals surface area contributed by atoms with Gasteiger partial charge in [-0.2, -0.15) is 4.98 Å². The van der Waals surface area contributed by atoms with Crippen molar-refractivity contribution in [2.75, 3.05) is 33.4 Å². The minimum Gasteiger partial charge on any atom is -0.478 e. The van der Waals surface area contributed by atoms with E-state index in [0.29, 0.717) is 55.1 Å². The second-order valence-electron chi connectivity index (χ2n) is 10.4. The number of allylic oxidation sites excluding steroid dienone is 1. The Morgan fingerprint density at radius 3 is 2.87 bits per heavy atom. The van der Waals surface area contributed by atoms with Gasteiger partial charge in [0, 0.05) is 24.3 Å². The molecule has 3 N–H and O–H groups in total. The van der Waals surface area contributed by atoms with Gasteiger partial charge in [-0.05, 0) is 71.0 Å². The molecule has 3 aliphatic rings. The van der Waals surface area contributed by atoms with E-state index in [1.165, 1.54) is 0 Å². The number of aromatic nitrogens is 3. The van der Waals surface area contributed by atoms with Gasteiger partial charge >= 0.3 is 0 Å². The standard InChI is InChI=1S/C28H38N6O4/c1-30-13-5-2-6-15-37-24-16-22(21(29)10-14-31-19-17-36-18-19)32-27(33-24)25-20-8-7-12-28(26(20)34-38-25)11-4-3-9-23(28)35/h10,14,16,19,30H,2-9,11-13,15,17-18,29H2,1H3/b21-10-,31-14?/t28-/m1/s1. The largest absolute Gasteiger partial charge is 0.478 e. The van der Waals surface area contributed by atoms with E-state index in [4.69, 9.17) is 24.7 Å². The van der Waals surface area contributed by atoms with Gasteiger partial charge in [0.15, 0.2) is 0 Å². The van der Waals surface area contributed by atoms with E-state index in [9.17, 15) is 4.79 Å². The molecule has 3 heterocycles. The lowest BCUT2D eigenvalue weighted by Crippen LogP contribution is -2.41. The molecule has 1 atom stereocenters. The number of nitrogens with two attached hydrogens (primary N) is 1. The molecule has 38 heavy (non-hydrogen) atoms. The average molecular weight is 523 g/mol. The van der Waals surface area contributed by atoms with E-state index in [0.717, 1.165) is 75.6 Å². The predicted octanol–water partition coefficient (Wildman–Crippen LogP) is 3.39. The summed E-state index contributed by atoms with van der Waals surface area (Å²) < 4.78 is 17.1. The van der Waals surface area contributed by atoms with Crippen molar-refractivity contribution in [3.8, 4) is 17.5 Å². The number of ketones is 1. The third kappa shape index (κ3) is 5.66. The predicted molar refractivity (Wildman–Crippen MR) is 144 cm³/mol. The molecule has 0 radical (unpaired) electrons. The summed E-state index contributed by atoms with van der Waals surface area (Å²) in [4.78, 5) is 27.0. The number of nitrogens with one attached hydrogen (secondary N) is 1. The molecule has 5 rings (SSSR count). The molecular formula is C28H38N6O4. The summed E-state index contributed by atoms with van der Waals surface area (Å²) in [6, 6.07) is 1.93. The van der Waals surface area contributed by atoms with E-state index in [1.807, 2.05) is 7.05 Å². The number of carbonyl (C=O) groups is 1. The monoisotopic (exact) mass is 522 g/mol. The molecule has 2 aromatic rings. The molecule has 2 aromatic heterocycles. The normalized spacial score (nSPS) is 22.1. The van der Waals surface area contributed by atoms with Gasteiger partial charge in [-0.15, -0.1) is 0 Å². The fraction of sp³-hybridized carbons (Fsp3) is 0.607. The zero-order valence-electron chi connectivity index (χ0n) is 22.2. The fourth-order valence-electron chi connectivity index (χ4n) is 5.53. The number of ether oxygens (including phenoxy) is 2. The molecule has 2 aliphatic carbocycles. The van der Waals surface area contributed by atoms with Gasteiger partial charge in [0.1, 0.15) is 11.5 Å². The molecule has 2 fully saturated rings. The molecule has 0 aromatic carbocycles. The van der Waals surface area contributed by atoms with Crippen molar-refractivity contribution in [3.05, 3.63) is 29.1 Å². The van der Waals surface area contributed by atoms with Crippen molar-refractivity contribution in [1.29, 1.82) is 0 Å². The number of hydrogen-bond donors (Lipinski definition) is 2. The van der Waals surface area contributed by atoms with Crippen LogP contribution in [-0.4, -0.2) is 66.6 Å². The number of rotatable bonds is 11. The number of nitrogens with zero attached hydrogens (tertiary/aromatic N) is 4. The molecular weight excluding hydrogens is 484 g/mol. The maximum absolute atomic E-state index is 13.1. The van der Waals surface area contributed by atoms with Gasteiger partial charge in [0.05, 0.1) is 42.7 Å². The summed E-state index contributed by atoms with van der Waals surface area (Å²) in [6.07, 6.45) is 12.4. The first kappa shape index (κ1) is 26.5. The quantitative estimate of drug-likeness (QED) is 0.336. The van der Waals surface area contributed by atoms with Crippen LogP contribution in [0, 0.1) is 0 Å². The lowest BCUT2D eigenvalue weighted by molar-refractivity contribution is -0.127. The first-order chi connectivity index (χ1) is 18.6. The molecule has 1 aliphatic heterocycles. The summed E-state index contributed by atoms with van der Waals surface area (Å²) in [5, 5.41) is 7.61. The summed E-state index contributed by atoms with van der Waals surface area (Å²) >= 11 is 0. The SMILES string of the molecule is CNCCCCCOc1cc(/C(N)=C/C=NC2COC2)nc(-c2onc3c2CCC[C@@]32CCCCC2=O)n1. The zero-order valence-corrected chi connectivity index (χ0v) is 22.2. The Morgan fingerprint density at radius 1 is 1.21 bits per heavy atom. The Bertz CT molecular complexity index is 1190. The van der Waals surface area contributed by atoms with Crippen molar-refractivity contribution in [1.82, 2.24) is 20.4 Å². The van der Waals surface area contributed by atoms with Crippen LogP contribution < -0.4 is 15.8 Å². The minimum atomic E-state index is -0.529. The maximum Gasteiger partial charge on any atom is 0.217 e. The van der Waals surface area contributed by atoms with E-state index in [2.05, 4.69) is 20.4 Å². The Hall–Kier alpha value is -3.11. The van der Waals surface area contributed by atoms with Crippen molar-refractivity contribution in [2.24, 2.45) is 10.7 Å². The highest BCUT2D eigenvalue weighted by Gasteiger charge is 2.47. The number of hydrogen-bond acceptors (Lipinski definition) is 10. The van der Waals surface area contributed by atoms with Crippen LogP contribution in [-0.2, 0) is 21.4 Å². The molecule has 1 spiro atoms. The number of aliphatic imine (C=N–C) groups is 1. The molecule has 10 heteroatoms. The van der Waals surface area contributed by atoms with Gasteiger partial charge in [-0.3, -0.25) is 9.79 Å². The van der Waals surface area contributed by atoms with Crippen LogP contribution in [0.15, 0.2) is 21.7 Å². The second-order valence-corrected chi connectivity index (χ2v) is 10.4. The first-order valence-electron chi connectivity index (χ1n) is 13.9. The van der Waals surface area contributed by atoms with Crippen LogP contribution in [0.3, 0.4) is 0 Å². The smallest absolute Gasteiger partial charge is 0.217 e. The van der Waals surface area contributed by atoms with Gasteiger partial charge in [0.2, 0.25) is 17.5 Å². The third-order valence-corrected chi connectivity index (χ3v) is 7.76. The van der Waals surface area contributed by atoms with Gasteiger partial charge < -0.3 is 25.0 Å². The zero-order chi connectivity index (χ0) is 26.4. The highest BCUT2D eigenvalue weighted by atomic mass is 16.5. The highest BCUT2D eigenvalue weighted by molar-refractivity contribution is 5.91. The minimum absolute atomic E-state index is 0.178. The van der Waals surface area contributed by atoms with Crippen molar-refractivity contribution < 1.29 is 18.8 Å². The average Bonchev–Trinajstić information content (AvgIpc) is 3.35. The molecule has 1 saturated carbocycles. The van der Waals surface area contributed by atoms with Gasteiger partial charge in [-0.1, -0.05) is 11.6 Å². The summed E-state index contributed by atoms with van der Waals surface area (Å²) in [5.41, 5.74) is 8.57. The summed E-state index contributed by atoms with van der Waals surface area (Å²) in [7, 11) is 1.96. The van der Waals surface area contributed by atoms with Gasteiger partial charge in [0.25, 0.3) is 0 Å². The van der Waals surface area contributed by atoms with Crippen LogP contribution >= 0.6 is 0 Å². The molecule has 10 nitrogen and oxygen atoms in total. The Labute approximate surface area is 223 Å². The summed E-state index contributed by atoms with van der Waals surface area (Å²) in [6.45, 7) is 2.79. The molecule has 0 amide bonds. The van der Waals surface area contributed by atoms with Crippen molar-refractivity contribution >= 4 is 17.7 Å². The number of carbonyl (C=O) groups excluding carboxylic acids is 1. The van der Waals surface area contributed by atoms with Gasteiger partial charge in [-0.25, -0.2) is 4.98 Å². The third-order valence-electron chi connectivity index (χ3n) is 7.76. The van der Waals surface area contributed by atoms with Crippen LogP contribution in [0.1, 0.15) is 74.7 Å². The van der Waals surface area contributed by atoms with E-state index >= 15 is 0 Å². The summed E-state index contributed by atoms with van der Waals surface area (Å²) in [5.74, 6) is 1.60. The number of fused-ring (bicyclic) bond motifs is 2. The molecule has 204 valence electrons. The Morgan fingerprint density at radius 2 is 2.08 bits per heavy atom. The number of unbranched alkanes of at least 4 members (excludes halogenated alkanes) is 2. The molecule has 1 saturated heterocycles. The van der Waals surface area contributed by atoms with Crippen LogP contribution in [0.2, 0.25) is 0 Å². The topological polar surface area (TPSA) is 138 Å². The highest BCUT2D eigenvalue weighted by Crippen LogP contribution is 2.47.